The molecule has 1 amide bonds. The lowest BCUT2D eigenvalue weighted by molar-refractivity contribution is 0.101. The molecule has 0 spiro atoms. The summed E-state index contributed by atoms with van der Waals surface area (Å²) >= 11 is 0. The minimum atomic E-state index is -0.346. The molecular weight excluding hydrogens is 368 g/mol. The molecule has 2 heterocycles. The number of nitrogen functional groups attached to an aromatic ring is 1. The molecule has 0 aliphatic carbocycles. The maximum atomic E-state index is 12.5. The third-order valence-electron chi connectivity index (χ3n) is 4.98. The van der Waals surface area contributed by atoms with E-state index in [0.29, 0.717) is 28.4 Å². The Labute approximate surface area is 168 Å². The van der Waals surface area contributed by atoms with Gasteiger partial charge in [-0.05, 0) is 67.9 Å². The topological polar surface area (TPSA) is 110 Å². The van der Waals surface area contributed by atoms with Crippen LogP contribution in [0.25, 0.3) is 0 Å². The minimum Gasteiger partial charge on any atom is -0.448 e. The van der Waals surface area contributed by atoms with Crippen molar-refractivity contribution in [3.63, 3.8) is 0 Å². The predicted octanol–water partition coefficient (Wildman–Crippen LogP) is 3.21. The Morgan fingerprint density at radius 1 is 1.07 bits per heavy atom. The van der Waals surface area contributed by atoms with Crippen LogP contribution in [0.1, 0.15) is 51.1 Å². The highest BCUT2D eigenvalue weighted by Crippen LogP contribution is 2.23. The number of oxazole rings is 1. The molecule has 1 aliphatic heterocycles. The Balaban J connectivity index is 1.40. The second-order valence-electron chi connectivity index (χ2n) is 7.10. The molecule has 2 aromatic carbocycles. The summed E-state index contributed by atoms with van der Waals surface area (Å²) in [5.74, 6) is 0.335. The standard InChI is InChI=1S/C22H22N4O3/c23-17-7-3-14(4-8-17)20(27)15-5-9-18(10-6-15)25-21(28)19-13-29-22(26-19)16-2-1-11-24-12-16/h3-10,13,16,24H,1-2,11-12,23H2,(H,25,28). The van der Waals surface area contributed by atoms with E-state index in [-0.39, 0.29) is 23.3 Å². The van der Waals surface area contributed by atoms with Crippen molar-refractivity contribution in [3.05, 3.63) is 77.5 Å². The molecular formula is C22H22N4O3. The molecule has 1 saturated heterocycles. The van der Waals surface area contributed by atoms with Gasteiger partial charge in [0.2, 0.25) is 0 Å². The number of anilines is 2. The molecule has 1 atom stereocenters. The van der Waals surface area contributed by atoms with Crippen molar-refractivity contribution in [3.8, 4) is 0 Å². The number of nitrogens with zero attached hydrogens (tertiary/aromatic N) is 1. The Bertz CT molecular complexity index is 1000. The number of benzene rings is 2. The first-order valence-corrected chi connectivity index (χ1v) is 9.58. The quantitative estimate of drug-likeness (QED) is 0.456. The smallest absolute Gasteiger partial charge is 0.277 e. The maximum Gasteiger partial charge on any atom is 0.277 e. The van der Waals surface area contributed by atoms with Crippen LogP contribution in [0.3, 0.4) is 0 Å². The molecule has 0 radical (unpaired) electrons. The van der Waals surface area contributed by atoms with Crippen molar-refractivity contribution in [1.82, 2.24) is 10.3 Å². The Hall–Kier alpha value is -3.45. The van der Waals surface area contributed by atoms with Gasteiger partial charge in [0.15, 0.2) is 17.4 Å². The summed E-state index contributed by atoms with van der Waals surface area (Å²) in [6, 6.07) is 13.5. The number of rotatable bonds is 5. The van der Waals surface area contributed by atoms with Crippen molar-refractivity contribution in [2.75, 3.05) is 24.1 Å². The normalized spacial score (nSPS) is 16.3. The van der Waals surface area contributed by atoms with Crippen molar-refractivity contribution in [2.24, 2.45) is 0 Å². The van der Waals surface area contributed by atoms with Gasteiger partial charge >= 0.3 is 0 Å². The molecule has 0 saturated carbocycles. The first-order chi connectivity index (χ1) is 14.1. The van der Waals surface area contributed by atoms with Crippen LogP contribution in [-0.4, -0.2) is 29.8 Å². The Morgan fingerprint density at radius 3 is 2.41 bits per heavy atom. The van der Waals surface area contributed by atoms with Crippen molar-refractivity contribution < 1.29 is 14.0 Å². The van der Waals surface area contributed by atoms with E-state index in [0.717, 1.165) is 25.9 Å². The molecule has 1 aliphatic rings. The average Bonchev–Trinajstić information content (AvgIpc) is 3.26. The third kappa shape index (κ3) is 4.35. The first kappa shape index (κ1) is 18.9. The van der Waals surface area contributed by atoms with Crippen LogP contribution in [0, 0.1) is 0 Å². The third-order valence-corrected chi connectivity index (χ3v) is 4.98. The molecule has 29 heavy (non-hydrogen) atoms. The van der Waals surface area contributed by atoms with Gasteiger partial charge in [-0.3, -0.25) is 9.59 Å². The highest BCUT2D eigenvalue weighted by Gasteiger charge is 2.22. The number of hydrogen-bond acceptors (Lipinski definition) is 6. The summed E-state index contributed by atoms with van der Waals surface area (Å²) in [7, 11) is 0. The van der Waals surface area contributed by atoms with Crippen LogP contribution in [0.5, 0.6) is 0 Å². The molecule has 1 aromatic heterocycles. The molecule has 3 aromatic rings. The van der Waals surface area contributed by atoms with E-state index in [2.05, 4.69) is 15.6 Å². The second kappa shape index (κ2) is 8.28. The molecule has 7 heteroatoms. The lowest BCUT2D eigenvalue weighted by atomic mass is 10.00. The molecule has 1 fully saturated rings. The zero-order valence-corrected chi connectivity index (χ0v) is 15.9. The first-order valence-electron chi connectivity index (χ1n) is 9.58. The zero-order chi connectivity index (χ0) is 20.2. The van der Waals surface area contributed by atoms with Gasteiger partial charge in [0.25, 0.3) is 5.91 Å². The second-order valence-corrected chi connectivity index (χ2v) is 7.10. The van der Waals surface area contributed by atoms with Crippen LogP contribution in [0.4, 0.5) is 11.4 Å². The van der Waals surface area contributed by atoms with Gasteiger partial charge in [-0.2, -0.15) is 0 Å². The number of amides is 1. The van der Waals surface area contributed by atoms with E-state index in [1.807, 2.05) is 0 Å². The molecule has 7 nitrogen and oxygen atoms in total. The van der Waals surface area contributed by atoms with Crippen molar-refractivity contribution in [2.45, 2.75) is 18.8 Å². The van der Waals surface area contributed by atoms with E-state index in [9.17, 15) is 9.59 Å². The van der Waals surface area contributed by atoms with Crippen LogP contribution >= 0.6 is 0 Å². The number of hydrogen-bond donors (Lipinski definition) is 3. The minimum absolute atomic E-state index is 0.106. The summed E-state index contributed by atoms with van der Waals surface area (Å²) in [4.78, 5) is 29.3. The van der Waals surface area contributed by atoms with Crippen LogP contribution in [0.2, 0.25) is 0 Å². The van der Waals surface area contributed by atoms with Gasteiger partial charge in [-0.15, -0.1) is 0 Å². The van der Waals surface area contributed by atoms with E-state index in [1.54, 1.807) is 48.5 Å². The fourth-order valence-corrected chi connectivity index (χ4v) is 3.34. The molecule has 4 N–H and O–H groups in total. The fraction of sp³-hybridized carbons (Fsp3) is 0.227. The number of ketones is 1. The average molecular weight is 390 g/mol. The largest absolute Gasteiger partial charge is 0.448 e. The summed E-state index contributed by atoms with van der Waals surface area (Å²) in [6.45, 7) is 1.81. The number of nitrogens with two attached hydrogens (primary N) is 1. The van der Waals surface area contributed by atoms with Gasteiger partial charge in [0, 0.05) is 35.0 Å². The van der Waals surface area contributed by atoms with E-state index in [1.165, 1.54) is 6.26 Å². The SMILES string of the molecule is Nc1ccc(C(=O)c2ccc(NC(=O)c3coc(C4CCCNC4)n3)cc2)cc1. The van der Waals surface area contributed by atoms with Crippen molar-refractivity contribution >= 4 is 23.1 Å². The van der Waals surface area contributed by atoms with Crippen LogP contribution in [-0.2, 0) is 0 Å². The fourth-order valence-electron chi connectivity index (χ4n) is 3.34. The summed E-state index contributed by atoms with van der Waals surface area (Å²) in [6.07, 6.45) is 3.45. The van der Waals surface area contributed by atoms with Crippen LogP contribution in [0.15, 0.2) is 59.2 Å². The highest BCUT2D eigenvalue weighted by atomic mass is 16.3. The number of nitrogens with one attached hydrogen (secondary N) is 2. The Morgan fingerprint density at radius 2 is 1.76 bits per heavy atom. The lowest BCUT2D eigenvalue weighted by Crippen LogP contribution is -2.28. The monoisotopic (exact) mass is 390 g/mol. The van der Waals surface area contributed by atoms with E-state index >= 15 is 0 Å². The summed E-state index contributed by atoms with van der Waals surface area (Å²) < 4.78 is 5.51. The number of aromatic nitrogens is 1. The van der Waals surface area contributed by atoms with Gasteiger partial charge < -0.3 is 20.8 Å². The van der Waals surface area contributed by atoms with E-state index in [4.69, 9.17) is 10.2 Å². The van der Waals surface area contributed by atoms with E-state index < -0.39 is 0 Å². The number of piperidine rings is 1. The predicted molar refractivity (Wildman–Crippen MR) is 110 cm³/mol. The molecule has 0 bridgehead atoms. The zero-order valence-electron chi connectivity index (χ0n) is 15.9. The lowest BCUT2D eigenvalue weighted by Gasteiger charge is -2.19. The van der Waals surface area contributed by atoms with Gasteiger partial charge in [0.05, 0.1) is 0 Å². The molecule has 1 unspecified atom stereocenters. The highest BCUT2D eigenvalue weighted by molar-refractivity contribution is 6.09. The van der Waals surface area contributed by atoms with Gasteiger partial charge in [-0.25, -0.2) is 4.98 Å². The van der Waals surface area contributed by atoms with Crippen LogP contribution < -0.4 is 16.4 Å². The molecule has 148 valence electrons. The Kier molecular flexibility index (Phi) is 5.39. The summed E-state index contributed by atoms with van der Waals surface area (Å²) in [5, 5.41) is 6.09. The van der Waals surface area contributed by atoms with Crippen molar-refractivity contribution in [1.29, 1.82) is 0 Å². The van der Waals surface area contributed by atoms with Gasteiger partial charge in [-0.1, -0.05) is 0 Å². The maximum absolute atomic E-state index is 12.5. The molecule has 4 rings (SSSR count). The number of carbonyl (C=O) groups excluding carboxylic acids is 2. The van der Waals surface area contributed by atoms with Gasteiger partial charge in [0.1, 0.15) is 6.26 Å². The summed E-state index contributed by atoms with van der Waals surface area (Å²) in [5.41, 5.74) is 8.17. The number of carbonyl (C=O) groups is 2.